The molecule has 2 aromatic rings. The maximum Gasteiger partial charge on any atom is 0.229 e. The van der Waals surface area contributed by atoms with E-state index in [1.54, 1.807) is 6.20 Å². The molecule has 0 spiro atoms. The summed E-state index contributed by atoms with van der Waals surface area (Å²) in [5.74, 6) is -0.0941. The van der Waals surface area contributed by atoms with Gasteiger partial charge in [0.25, 0.3) is 0 Å². The number of benzene rings is 1. The van der Waals surface area contributed by atoms with E-state index < -0.39 is 0 Å². The second kappa shape index (κ2) is 8.85. The predicted octanol–water partition coefficient (Wildman–Crippen LogP) is 4.96. The van der Waals surface area contributed by atoms with Crippen LogP contribution in [0.3, 0.4) is 0 Å². The molecule has 31 heavy (non-hydrogen) atoms. The van der Waals surface area contributed by atoms with Crippen molar-refractivity contribution in [3.05, 3.63) is 36.5 Å². The summed E-state index contributed by atoms with van der Waals surface area (Å²) in [7, 11) is 0. The van der Waals surface area contributed by atoms with Gasteiger partial charge < -0.3 is 10.6 Å². The van der Waals surface area contributed by atoms with Gasteiger partial charge in [-0.05, 0) is 59.9 Å². The third-order valence-corrected chi connectivity index (χ3v) is 5.67. The second-order valence-corrected chi connectivity index (χ2v) is 10.6. The number of anilines is 1. The van der Waals surface area contributed by atoms with Crippen LogP contribution < -0.4 is 10.6 Å². The summed E-state index contributed by atoms with van der Waals surface area (Å²) in [6.07, 6.45) is 5.20. The Hall–Kier alpha value is -2.63. The van der Waals surface area contributed by atoms with Crippen LogP contribution in [0.5, 0.6) is 0 Å². The van der Waals surface area contributed by atoms with Crippen molar-refractivity contribution in [1.29, 1.82) is 0 Å². The maximum absolute atomic E-state index is 13.5. The highest BCUT2D eigenvalue weighted by Gasteiger charge is 2.37. The Morgan fingerprint density at radius 1 is 0.935 bits per heavy atom. The Balaban J connectivity index is 1.91. The first-order valence-corrected chi connectivity index (χ1v) is 11.2. The lowest BCUT2D eigenvalue weighted by atomic mass is 9.77. The van der Waals surface area contributed by atoms with Crippen LogP contribution in [0.2, 0.25) is 0 Å². The van der Waals surface area contributed by atoms with Gasteiger partial charge >= 0.3 is 0 Å². The molecule has 2 amide bonds. The Morgan fingerprint density at radius 2 is 1.52 bits per heavy atom. The molecule has 1 heterocycles. The second-order valence-electron chi connectivity index (χ2n) is 10.6. The van der Waals surface area contributed by atoms with E-state index in [-0.39, 0.29) is 34.7 Å². The molecule has 1 aliphatic rings. The number of carbonyl (C=O) groups excluding carboxylic acids is 2. The van der Waals surface area contributed by atoms with E-state index in [4.69, 9.17) is 0 Å². The first-order valence-electron chi connectivity index (χ1n) is 11.2. The number of hydrogen-bond acceptors (Lipinski definition) is 3. The van der Waals surface area contributed by atoms with Crippen LogP contribution in [0.1, 0.15) is 67.2 Å². The Morgan fingerprint density at radius 3 is 2.06 bits per heavy atom. The van der Waals surface area contributed by atoms with Crippen LogP contribution in [0.15, 0.2) is 36.5 Å². The van der Waals surface area contributed by atoms with Crippen LogP contribution in [0.25, 0.3) is 11.1 Å². The molecule has 0 saturated heterocycles. The fraction of sp³-hybridized carbons (Fsp3) is 0.560. The minimum atomic E-state index is -0.344. The van der Waals surface area contributed by atoms with Gasteiger partial charge in [0.05, 0.1) is 11.7 Å². The van der Waals surface area contributed by atoms with Crippen molar-refractivity contribution in [2.75, 3.05) is 5.32 Å². The van der Waals surface area contributed by atoms with Crippen molar-refractivity contribution in [3.8, 4) is 11.1 Å². The van der Waals surface area contributed by atoms with Crippen LogP contribution in [-0.2, 0) is 15.1 Å². The van der Waals surface area contributed by atoms with Gasteiger partial charge in [-0.1, -0.05) is 43.2 Å². The summed E-state index contributed by atoms with van der Waals surface area (Å²) in [6, 6.07) is 9.95. The smallest absolute Gasteiger partial charge is 0.229 e. The molecule has 1 aliphatic carbocycles. The molecule has 2 N–H and O–H groups in total. The van der Waals surface area contributed by atoms with E-state index in [0.29, 0.717) is 5.82 Å². The van der Waals surface area contributed by atoms with Gasteiger partial charge in [0.2, 0.25) is 11.8 Å². The number of hydrogen-bond donors (Lipinski definition) is 2. The van der Waals surface area contributed by atoms with Crippen molar-refractivity contribution < 1.29 is 9.59 Å². The highest BCUT2D eigenvalue weighted by Crippen LogP contribution is 2.35. The molecule has 0 bridgehead atoms. The number of amides is 2. The van der Waals surface area contributed by atoms with Crippen LogP contribution in [-0.4, -0.2) is 27.1 Å². The molecule has 2 atom stereocenters. The summed E-state index contributed by atoms with van der Waals surface area (Å²) < 4.78 is 1.86. The van der Waals surface area contributed by atoms with Crippen LogP contribution in [0, 0.1) is 11.8 Å². The number of nitrogens with zero attached hydrogens (tertiary/aromatic N) is 2. The normalized spacial score (nSPS) is 19.7. The van der Waals surface area contributed by atoms with Crippen molar-refractivity contribution in [2.45, 2.75) is 78.3 Å². The highest BCUT2D eigenvalue weighted by atomic mass is 16.2. The third kappa shape index (κ3) is 5.54. The zero-order chi connectivity index (χ0) is 22.8. The molecule has 0 aliphatic heterocycles. The summed E-state index contributed by atoms with van der Waals surface area (Å²) in [5, 5.41) is 10.8. The summed E-state index contributed by atoms with van der Waals surface area (Å²) >= 11 is 0. The first-order chi connectivity index (χ1) is 14.5. The van der Waals surface area contributed by atoms with Gasteiger partial charge in [-0.25, -0.2) is 4.68 Å². The number of rotatable bonds is 4. The molecule has 168 valence electrons. The zero-order valence-electron chi connectivity index (χ0n) is 19.7. The van der Waals surface area contributed by atoms with E-state index in [9.17, 15) is 9.59 Å². The predicted molar refractivity (Wildman–Crippen MR) is 125 cm³/mol. The van der Waals surface area contributed by atoms with E-state index in [1.807, 2.05) is 55.8 Å². The lowest BCUT2D eigenvalue weighted by Gasteiger charge is -2.33. The SMILES string of the molecule is CC(C)(C)NC(=O)[C@@H]1CCCC[C@@H]1C(=O)Nc1c(-c2ccccc2)cnn1C(C)(C)C. The molecule has 0 unspecified atom stereocenters. The summed E-state index contributed by atoms with van der Waals surface area (Å²) in [5.41, 5.74) is 1.26. The van der Waals surface area contributed by atoms with Gasteiger partial charge in [-0.3, -0.25) is 9.59 Å². The molecule has 1 fully saturated rings. The Bertz CT molecular complexity index is 919. The van der Waals surface area contributed by atoms with Crippen LogP contribution in [0.4, 0.5) is 5.82 Å². The van der Waals surface area contributed by atoms with Gasteiger partial charge in [-0.2, -0.15) is 5.10 Å². The molecule has 0 radical (unpaired) electrons. The standard InChI is InChI=1S/C25H36N4O2/c1-24(2,3)28-23(31)19-15-11-10-14-18(19)22(30)27-21-20(17-12-8-7-9-13-17)16-26-29(21)25(4,5)6/h7-9,12-13,16,18-19H,10-11,14-15H2,1-6H3,(H,27,30)(H,28,31)/t18-,19+/m0/s1. The molecular formula is C25H36N4O2. The molecule has 1 aromatic carbocycles. The minimum Gasteiger partial charge on any atom is -0.351 e. The van der Waals surface area contributed by atoms with Crippen molar-refractivity contribution in [3.63, 3.8) is 0 Å². The topological polar surface area (TPSA) is 76.0 Å². The average molecular weight is 425 g/mol. The molecule has 1 saturated carbocycles. The van der Waals surface area contributed by atoms with E-state index in [1.165, 1.54) is 0 Å². The van der Waals surface area contributed by atoms with Crippen LogP contribution >= 0.6 is 0 Å². The highest BCUT2D eigenvalue weighted by molar-refractivity contribution is 5.98. The van der Waals surface area contributed by atoms with Gasteiger partial charge in [0.1, 0.15) is 5.82 Å². The Labute approximate surface area is 185 Å². The number of carbonyl (C=O) groups is 2. The van der Waals surface area contributed by atoms with Gasteiger partial charge in [-0.15, -0.1) is 0 Å². The molecule has 3 rings (SSSR count). The van der Waals surface area contributed by atoms with E-state index in [0.717, 1.165) is 36.8 Å². The monoisotopic (exact) mass is 424 g/mol. The van der Waals surface area contributed by atoms with E-state index in [2.05, 4.69) is 36.5 Å². The van der Waals surface area contributed by atoms with E-state index >= 15 is 0 Å². The minimum absolute atomic E-state index is 0.0278. The maximum atomic E-state index is 13.5. The fourth-order valence-electron chi connectivity index (χ4n) is 4.24. The quantitative estimate of drug-likeness (QED) is 0.728. The molecular weight excluding hydrogens is 388 g/mol. The molecule has 6 heteroatoms. The summed E-state index contributed by atoms with van der Waals surface area (Å²) in [6.45, 7) is 12.1. The molecule has 1 aromatic heterocycles. The summed E-state index contributed by atoms with van der Waals surface area (Å²) in [4.78, 5) is 26.4. The fourth-order valence-corrected chi connectivity index (χ4v) is 4.24. The third-order valence-electron chi connectivity index (χ3n) is 5.67. The Kier molecular flexibility index (Phi) is 6.58. The van der Waals surface area contributed by atoms with Gasteiger partial charge in [0.15, 0.2) is 0 Å². The lowest BCUT2D eigenvalue weighted by molar-refractivity contribution is -0.135. The largest absolute Gasteiger partial charge is 0.351 e. The number of aromatic nitrogens is 2. The lowest BCUT2D eigenvalue weighted by Crippen LogP contribution is -2.48. The van der Waals surface area contributed by atoms with Crippen molar-refractivity contribution >= 4 is 17.6 Å². The first kappa shape index (κ1) is 23.0. The van der Waals surface area contributed by atoms with Crippen molar-refractivity contribution in [2.24, 2.45) is 11.8 Å². The number of nitrogens with one attached hydrogen (secondary N) is 2. The average Bonchev–Trinajstić information content (AvgIpc) is 3.11. The zero-order valence-corrected chi connectivity index (χ0v) is 19.7. The van der Waals surface area contributed by atoms with Crippen molar-refractivity contribution in [1.82, 2.24) is 15.1 Å². The molecule has 6 nitrogen and oxygen atoms in total. The van der Waals surface area contributed by atoms with Gasteiger partial charge in [0, 0.05) is 22.9 Å².